The van der Waals surface area contributed by atoms with Gasteiger partial charge in [0.2, 0.25) is 0 Å². The molecule has 3 aromatic rings. The second-order valence-corrected chi connectivity index (χ2v) is 8.56. The predicted octanol–water partition coefficient (Wildman–Crippen LogP) is 6.98. The van der Waals surface area contributed by atoms with Crippen LogP contribution < -0.4 is 20.1 Å². The minimum atomic E-state index is -0.401. The Labute approximate surface area is 189 Å². The Morgan fingerprint density at radius 2 is 1.56 bits per heavy atom. The highest BCUT2D eigenvalue weighted by molar-refractivity contribution is 5.99. The molecule has 7 nitrogen and oxygen atoms in total. The number of urea groups is 1. The molecule has 7 heteroatoms. The van der Waals surface area contributed by atoms with Gasteiger partial charge in [0, 0.05) is 17.2 Å². The largest absolute Gasteiger partial charge is 0.494 e. The lowest BCUT2D eigenvalue weighted by Crippen LogP contribution is -2.19. The van der Waals surface area contributed by atoms with Gasteiger partial charge in [-0.2, -0.15) is 0 Å². The van der Waals surface area contributed by atoms with E-state index in [9.17, 15) is 4.79 Å². The Bertz CT molecular complexity index is 989. The molecule has 2 N–H and O–H groups in total. The zero-order chi connectivity index (χ0) is 23.0. The van der Waals surface area contributed by atoms with Crippen LogP contribution in [0, 0.1) is 0 Å². The molecule has 0 saturated heterocycles. The molecular weight excluding hydrogens is 406 g/mol. The third-order valence-electron chi connectivity index (χ3n) is 4.68. The molecule has 0 aliphatic heterocycles. The van der Waals surface area contributed by atoms with E-state index in [1.54, 1.807) is 30.3 Å². The van der Waals surface area contributed by atoms with Crippen molar-refractivity contribution in [3.63, 3.8) is 0 Å². The number of benzene rings is 2. The fraction of sp³-hybridized carbons (Fsp3) is 0.360. The Kier molecular flexibility index (Phi) is 7.76. The number of unbranched alkanes of at least 4 members (excludes halogenated alkanes) is 2. The lowest BCUT2D eigenvalue weighted by molar-refractivity contribution is 0.262. The van der Waals surface area contributed by atoms with E-state index in [1.807, 2.05) is 45.0 Å². The first-order valence-corrected chi connectivity index (χ1v) is 10.9. The van der Waals surface area contributed by atoms with Gasteiger partial charge in [0.15, 0.2) is 5.82 Å². The number of ether oxygens (including phenoxy) is 2. The second kappa shape index (κ2) is 10.7. The van der Waals surface area contributed by atoms with Crippen molar-refractivity contribution in [2.24, 2.45) is 0 Å². The van der Waals surface area contributed by atoms with Crippen LogP contribution in [0.4, 0.5) is 16.3 Å². The van der Waals surface area contributed by atoms with Crippen LogP contribution in [0.3, 0.4) is 0 Å². The first-order chi connectivity index (χ1) is 15.3. The maximum absolute atomic E-state index is 12.2. The van der Waals surface area contributed by atoms with Crippen molar-refractivity contribution in [3.05, 3.63) is 60.4 Å². The van der Waals surface area contributed by atoms with Crippen LogP contribution in [-0.2, 0) is 5.41 Å². The molecule has 0 atom stereocenters. The highest BCUT2D eigenvalue weighted by atomic mass is 16.5. The quantitative estimate of drug-likeness (QED) is 0.353. The summed E-state index contributed by atoms with van der Waals surface area (Å²) in [5, 5.41) is 9.31. The molecule has 0 aliphatic rings. The summed E-state index contributed by atoms with van der Waals surface area (Å²) >= 11 is 0. The lowest BCUT2D eigenvalue weighted by Gasteiger charge is -2.12. The molecule has 1 heterocycles. The van der Waals surface area contributed by atoms with Crippen LogP contribution in [0.15, 0.2) is 59.1 Å². The summed E-state index contributed by atoms with van der Waals surface area (Å²) < 4.78 is 16.8. The van der Waals surface area contributed by atoms with Crippen molar-refractivity contribution in [2.45, 2.75) is 52.4 Å². The molecule has 0 bridgehead atoms. The summed E-state index contributed by atoms with van der Waals surface area (Å²) in [6.45, 7) is 8.93. The second-order valence-electron chi connectivity index (χ2n) is 8.56. The molecule has 0 spiro atoms. The van der Waals surface area contributed by atoms with Gasteiger partial charge in [-0.25, -0.2) is 4.79 Å². The average molecular weight is 438 g/mol. The van der Waals surface area contributed by atoms with Gasteiger partial charge in [-0.3, -0.25) is 5.32 Å². The number of nitrogens with zero attached hydrogens (tertiary/aromatic N) is 1. The van der Waals surface area contributed by atoms with Gasteiger partial charge in [-0.15, -0.1) is 0 Å². The first-order valence-electron chi connectivity index (χ1n) is 10.9. The molecule has 2 amide bonds. The van der Waals surface area contributed by atoms with Gasteiger partial charge in [0.1, 0.15) is 23.0 Å². The SMILES string of the molecule is CCCCCOc1ccc(Oc2ccc(NC(=O)Nc3cc(C(C)(C)C)on3)cc2)cc1. The summed E-state index contributed by atoms with van der Waals surface area (Å²) in [6, 6.07) is 16.0. The summed E-state index contributed by atoms with van der Waals surface area (Å²) in [4.78, 5) is 12.2. The predicted molar refractivity (Wildman–Crippen MR) is 126 cm³/mol. The van der Waals surface area contributed by atoms with Gasteiger partial charge in [-0.1, -0.05) is 45.7 Å². The molecule has 2 aromatic carbocycles. The van der Waals surface area contributed by atoms with Gasteiger partial charge in [0.25, 0.3) is 0 Å². The Hall–Kier alpha value is -3.48. The molecule has 0 aliphatic carbocycles. The number of carbonyl (C=O) groups excluding carboxylic acids is 1. The maximum atomic E-state index is 12.2. The molecule has 1 aromatic heterocycles. The number of rotatable bonds is 9. The first kappa shape index (κ1) is 23.2. The summed E-state index contributed by atoms with van der Waals surface area (Å²) in [5.74, 6) is 3.28. The molecule has 0 saturated carbocycles. The van der Waals surface area contributed by atoms with Gasteiger partial charge >= 0.3 is 6.03 Å². The maximum Gasteiger partial charge on any atom is 0.324 e. The third kappa shape index (κ3) is 7.04. The van der Waals surface area contributed by atoms with E-state index >= 15 is 0 Å². The van der Waals surface area contributed by atoms with E-state index in [1.165, 1.54) is 12.8 Å². The fourth-order valence-corrected chi connectivity index (χ4v) is 2.85. The van der Waals surface area contributed by atoms with Crippen molar-refractivity contribution in [3.8, 4) is 17.2 Å². The summed E-state index contributed by atoms with van der Waals surface area (Å²) in [6.07, 6.45) is 3.41. The number of nitrogens with one attached hydrogen (secondary N) is 2. The topological polar surface area (TPSA) is 85.6 Å². The van der Waals surface area contributed by atoms with Crippen LogP contribution >= 0.6 is 0 Å². The van der Waals surface area contributed by atoms with Gasteiger partial charge in [-0.05, 0) is 55.0 Å². The molecule has 0 radical (unpaired) electrons. The molecule has 32 heavy (non-hydrogen) atoms. The molecule has 170 valence electrons. The van der Waals surface area contributed by atoms with Crippen molar-refractivity contribution < 1.29 is 18.8 Å². The zero-order valence-corrected chi connectivity index (χ0v) is 19.1. The lowest BCUT2D eigenvalue weighted by atomic mass is 9.93. The van der Waals surface area contributed by atoms with E-state index < -0.39 is 6.03 Å². The van der Waals surface area contributed by atoms with Gasteiger partial charge < -0.3 is 19.3 Å². The average Bonchev–Trinajstić information content (AvgIpc) is 3.23. The van der Waals surface area contributed by atoms with Crippen molar-refractivity contribution in [1.82, 2.24) is 5.16 Å². The van der Waals surface area contributed by atoms with Crippen LogP contribution in [0.5, 0.6) is 17.2 Å². The number of hydrogen-bond acceptors (Lipinski definition) is 5. The third-order valence-corrected chi connectivity index (χ3v) is 4.68. The van der Waals surface area contributed by atoms with E-state index in [4.69, 9.17) is 14.0 Å². The van der Waals surface area contributed by atoms with E-state index in [0.717, 1.165) is 18.8 Å². The van der Waals surface area contributed by atoms with Crippen LogP contribution in [0.25, 0.3) is 0 Å². The van der Waals surface area contributed by atoms with E-state index in [0.29, 0.717) is 28.8 Å². The number of anilines is 2. The summed E-state index contributed by atoms with van der Waals surface area (Å²) in [5.41, 5.74) is 0.450. The normalized spacial score (nSPS) is 11.1. The van der Waals surface area contributed by atoms with Crippen LogP contribution in [0.1, 0.15) is 52.7 Å². The van der Waals surface area contributed by atoms with Crippen molar-refractivity contribution in [2.75, 3.05) is 17.2 Å². The minimum absolute atomic E-state index is 0.179. The Balaban J connectivity index is 1.48. The molecule has 0 fully saturated rings. The number of carbonyl (C=O) groups is 1. The Morgan fingerprint density at radius 3 is 2.16 bits per heavy atom. The number of amides is 2. The van der Waals surface area contributed by atoms with E-state index in [-0.39, 0.29) is 5.41 Å². The smallest absolute Gasteiger partial charge is 0.324 e. The van der Waals surface area contributed by atoms with Crippen LogP contribution in [0.2, 0.25) is 0 Å². The van der Waals surface area contributed by atoms with Crippen molar-refractivity contribution >= 4 is 17.5 Å². The van der Waals surface area contributed by atoms with Crippen molar-refractivity contribution in [1.29, 1.82) is 0 Å². The molecule has 3 rings (SSSR count). The van der Waals surface area contributed by atoms with Gasteiger partial charge in [0.05, 0.1) is 6.61 Å². The van der Waals surface area contributed by atoms with E-state index in [2.05, 4.69) is 22.7 Å². The minimum Gasteiger partial charge on any atom is -0.494 e. The highest BCUT2D eigenvalue weighted by Gasteiger charge is 2.20. The number of hydrogen-bond donors (Lipinski definition) is 2. The standard InChI is InChI=1S/C25H31N3O4/c1-5-6-7-16-30-19-12-14-21(15-13-19)31-20-10-8-18(9-11-20)26-24(29)27-23-17-22(32-28-23)25(2,3)4/h8-15,17H,5-7,16H2,1-4H3,(H2,26,27,28,29). The summed E-state index contributed by atoms with van der Waals surface area (Å²) in [7, 11) is 0. The Morgan fingerprint density at radius 1 is 0.938 bits per heavy atom. The zero-order valence-electron chi connectivity index (χ0n) is 19.1. The van der Waals surface area contributed by atoms with Crippen LogP contribution in [-0.4, -0.2) is 17.8 Å². The molecular formula is C25H31N3O4. The highest BCUT2D eigenvalue weighted by Crippen LogP contribution is 2.26. The monoisotopic (exact) mass is 437 g/mol. The molecule has 0 unspecified atom stereocenters. The fourth-order valence-electron chi connectivity index (χ4n) is 2.85. The number of aromatic nitrogens is 1.